The number of carbonyl (C=O) groups is 1. The predicted octanol–water partition coefficient (Wildman–Crippen LogP) is 2.88. The molecule has 0 spiro atoms. The first-order valence-electron chi connectivity index (χ1n) is 4.87. The number of rotatable bonds is 4. The maximum absolute atomic E-state index is 12.0. The van der Waals surface area contributed by atoms with Crippen LogP contribution in [0.3, 0.4) is 0 Å². The minimum Gasteiger partial charge on any atom is -0.286 e. The van der Waals surface area contributed by atoms with E-state index in [0.29, 0.717) is 10.6 Å². The normalized spacial score (nSPS) is 10.3. The molecule has 0 amide bonds. The molecule has 0 N–H and O–H groups in total. The van der Waals surface area contributed by atoms with Crippen molar-refractivity contribution in [2.24, 2.45) is 0 Å². The first-order valence-corrected chi connectivity index (χ1v) is 6.67. The van der Waals surface area contributed by atoms with Gasteiger partial charge in [0.15, 0.2) is 9.35 Å². The fraction of sp³-hybridized carbons (Fsp3) is 0.182. The Kier molecular flexibility index (Phi) is 3.69. The Hall–Kier alpha value is -1.20. The minimum atomic E-state index is -0.0546. The van der Waals surface area contributed by atoms with Gasteiger partial charge in [0.2, 0.25) is 5.78 Å². The van der Waals surface area contributed by atoms with E-state index in [1.807, 2.05) is 25.1 Å². The molecular formula is C11H10N2OS2. The molecule has 2 aromatic rings. The highest BCUT2D eigenvalue weighted by molar-refractivity contribution is 8.01. The number of ketones is 1. The molecule has 0 radical (unpaired) electrons. The highest BCUT2D eigenvalue weighted by Crippen LogP contribution is 2.23. The van der Waals surface area contributed by atoms with Crippen molar-refractivity contribution < 1.29 is 4.79 Å². The molecule has 0 saturated heterocycles. The molecule has 0 atom stereocenters. The Morgan fingerprint density at radius 3 is 2.75 bits per heavy atom. The van der Waals surface area contributed by atoms with Crippen LogP contribution in [0.1, 0.15) is 22.3 Å². The van der Waals surface area contributed by atoms with Crippen molar-refractivity contribution in [3.05, 3.63) is 40.9 Å². The molecule has 0 fully saturated rings. The smallest absolute Gasteiger partial charge is 0.223 e. The van der Waals surface area contributed by atoms with Crippen molar-refractivity contribution in [2.45, 2.75) is 11.3 Å². The van der Waals surface area contributed by atoms with Crippen LogP contribution in [0.4, 0.5) is 0 Å². The highest BCUT2D eigenvalue weighted by atomic mass is 32.2. The van der Waals surface area contributed by atoms with E-state index in [4.69, 9.17) is 0 Å². The molecule has 1 aromatic heterocycles. The SMILES string of the molecule is CCSc1nnc(C(=O)c2ccccc2)s1. The minimum absolute atomic E-state index is 0.0546. The Labute approximate surface area is 102 Å². The number of aromatic nitrogens is 2. The Bertz CT molecular complexity index is 482. The fourth-order valence-corrected chi connectivity index (χ4v) is 2.91. The van der Waals surface area contributed by atoms with Crippen molar-refractivity contribution in [1.82, 2.24) is 10.2 Å². The zero-order valence-electron chi connectivity index (χ0n) is 8.71. The van der Waals surface area contributed by atoms with Crippen LogP contribution >= 0.6 is 23.1 Å². The number of hydrogen-bond donors (Lipinski definition) is 0. The van der Waals surface area contributed by atoms with E-state index in [1.54, 1.807) is 23.9 Å². The number of nitrogens with zero attached hydrogens (tertiary/aromatic N) is 2. The lowest BCUT2D eigenvalue weighted by molar-refractivity contribution is 0.103. The van der Waals surface area contributed by atoms with Crippen molar-refractivity contribution in [1.29, 1.82) is 0 Å². The quantitative estimate of drug-likeness (QED) is 0.618. The van der Waals surface area contributed by atoms with Gasteiger partial charge in [0, 0.05) is 5.56 Å². The van der Waals surface area contributed by atoms with Crippen LogP contribution in [0.25, 0.3) is 0 Å². The summed E-state index contributed by atoms with van der Waals surface area (Å²) >= 11 is 2.95. The number of benzene rings is 1. The van der Waals surface area contributed by atoms with Crippen molar-refractivity contribution in [3.63, 3.8) is 0 Å². The third kappa shape index (κ3) is 2.48. The van der Waals surface area contributed by atoms with Gasteiger partial charge < -0.3 is 0 Å². The summed E-state index contributed by atoms with van der Waals surface area (Å²) in [5.41, 5.74) is 0.659. The Morgan fingerprint density at radius 1 is 1.31 bits per heavy atom. The summed E-state index contributed by atoms with van der Waals surface area (Å²) in [7, 11) is 0. The second-order valence-electron chi connectivity index (χ2n) is 3.00. The fourth-order valence-electron chi connectivity index (χ4n) is 1.20. The van der Waals surface area contributed by atoms with Crippen LogP contribution in [-0.4, -0.2) is 21.7 Å². The maximum Gasteiger partial charge on any atom is 0.223 e. The van der Waals surface area contributed by atoms with Crippen LogP contribution in [-0.2, 0) is 0 Å². The second-order valence-corrected chi connectivity index (χ2v) is 5.49. The van der Waals surface area contributed by atoms with Gasteiger partial charge in [0.05, 0.1) is 0 Å². The number of hydrogen-bond acceptors (Lipinski definition) is 5. The maximum atomic E-state index is 12.0. The highest BCUT2D eigenvalue weighted by Gasteiger charge is 2.14. The van der Waals surface area contributed by atoms with E-state index >= 15 is 0 Å². The van der Waals surface area contributed by atoms with Crippen LogP contribution in [0.2, 0.25) is 0 Å². The zero-order chi connectivity index (χ0) is 11.4. The van der Waals surface area contributed by atoms with E-state index in [2.05, 4.69) is 10.2 Å². The molecule has 1 heterocycles. The first-order chi connectivity index (χ1) is 7.81. The molecule has 3 nitrogen and oxygen atoms in total. The average molecular weight is 250 g/mol. The lowest BCUT2D eigenvalue weighted by Gasteiger charge is -1.94. The molecule has 0 unspecified atom stereocenters. The average Bonchev–Trinajstić information content (AvgIpc) is 2.78. The van der Waals surface area contributed by atoms with Crippen molar-refractivity contribution in [3.8, 4) is 0 Å². The van der Waals surface area contributed by atoms with Gasteiger partial charge >= 0.3 is 0 Å². The monoisotopic (exact) mass is 250 g/mol. The van der Waals surface area contributed by atoms with Gasteiger partial charge in [0.1, 0.15) is 0 Å². The molecule has 0 saturated carbocycles. The van der Waals surface area contributed by atoms with E-state index < -0.39 is 0 Å². The predicted molar refractivity (Wildman–Crippen MR) is 66.2 cm³/mol. The topological polar surface area (TPSA) is 42.9 Å². The molecular weight excluding hydrogens is 240 g/mol. The van der Waals surface area contributed by atoms with E-state index in [9.17, 15) is 4.79 Å². The number of thioether (sulfide) groups is 1. The summed E-state index contributed by atoms with van der Waals surface area (Å²) in [4.78, 5) is 12.0. The summed E-state index contributed by atoms with van der Waals surface area (Å²) in [5.74, 6) is 0.884. The molecule has 5 heteroatoms. The second kappa shape index (κ2) is 5.23. The molecule has 82 valence electrons. The van der Waals surface area contributed by atoms with Crippen molar-refractivity contribution in [2.75, 3.05) is 5.75 Å². The lowest BCUT2D eigenvalue weighted by Crippen LogP contribution is -1.99. The van der Waals surface area contributed by atoms with Crippen LogP contribution in [0.15, 0.2) is 34.7 Å². The molecule has 0 aliphatic carbocycles. The van der Waals surface area contributed by atoms with Crippen LogP contribution in [0.5, 0.6) is 0 Å². The van der Waals surface area contributed by atoms with Crippen LogP contribution < -0.4 is 0 Å². The van der Waals surface area contributed by atoms with Gasteiger partial charge in [-0.25, -0.2) is 0 Å². The van der Waals surface area contributed by atoms with Crippen molar-refractivity contribution >= 4 is 28.9 Å². The standard InChI is InChI=1S/C11H10N2OS2/c1-2-15-11-13-12-10(16-11)9(14)8-6-4-3-5-7-8/h3-7H,2H2,1H3. The van der Waals surface area contributed by atoms with E-state index in [-0.39, 0.29) is 5.78 Å². The largest absolute Gasteiger partial charge is 0.286 e. The molecule has 0 aliphatic rings. The summed E-state index contributed by atoms with van der Waals surface area (Å²) in [6, 6.07) is 9.15. The third-order valence-electron chi connectivity index (χ3n) is 1.90. The van der Waals surface area contributed by atoms with Gasteiger partial charge in [0.25, 0.3) is 0 Å². The first kappa shape index (κ1) is 11.3. The molecule has 1 aromatic carbocycles. The third-order valence-corrected chi connectivity index (χ3v) is 3.84. The van der Waals surface area contributed by atoms with E-state index in [0.717, 1.165) is 10.1 Å². The molecule has 16 heavy (non-hydrogen) atoms. The molecule has 0 aliphatic heterocycles. The van der Waals surface area contributed by atoms with Gasteiger partial charge in [-0.3, -0.25) is 4.79 Å². The number of carbonyl (C=O) groups excluding carboxylic acids is 1. The van der Waals surface area contributed by atoms with Gasteiger partial charge in [-0.15, -0.1) is 10.2 Å². The van der Waals surface area contributed by atoms with Gasteiger partial charge in [-0.1, -0.05) is 60.4 Å². The Morgan fingerprint density at radius 2 is 2.06 bits per heavy atom. The van der Waals surface area contributed by atoms with E-state index in [1.165, 1.54) is 11.3 Å². The van der Waals surface area contributed by atoms with Gasteiger partial charge in [-0.2, -0.15) is 0 Å². The van der Waals surface area contributed by atoms with Gasteiger partial charge in [-0.05, 0) is 5.75 Å². The summed E-state index contributed by atoms with van der Waals surface area (Å²) in [6.45, 7) is 2.05. The Balaban J connectivity index is 2.21. The van der Waals surface area contributed by atoms with Crippen LogP contribution in [0, 0.1) is 0 Å². The summed E-state index contributed by atoms with van der Waals surface area (Å²) in [5, 5.41) is 8.33. The summed E-state index contributed by atoms with van der Waals surface area (Å²) < 4.78 is 0.849. The summed E-state index contributed by atoms with van der Waals surface area (Å²) in [6.07, 6.45) is 0. The zero-order valence-corrected chi connectivity index (χ0v) is 10.3. The molecule has 0 bridgehead atoms. The molecule has 2 rings (SSSR count). The lowest BCUT2D eigenvalue weighted by atomic mass is 10.1.